The highest BCUT2D eigenvalue weighted by molar-refractivity contribution is 6.22. The fraction of sp³-hybridized carbons (Fsp3) is 0.471. The Kier molecular flexibility index (Phi) is 4.92. The van der Waals surface area contributed by atoms with Crippen molar-refractivity contribution in [3.05, 3.63) is 35.4 Å². The molecule has 7 heteroatoms. The van der Waals surface area contributed by atoms with Gasteiger partial charge in [-0.15, -0.1) is 0 Å². The lowest BCUT2D eigenvalue weighted by molar-refractivity contribution is -0.124. The molecule has 0 radical (unpaired) electrons. The van der Waals surface area contributed by atoms with Crippen LogP contribution >= 0.6 is 0 Å². The molecule has 2 aliphatic heterocycles. The molecule has 0 saturated carbocycles. The molecule has 1 N–H and O–H groups in total. The minimum absolute atomic E-state index is 0.322. The summed E-state index contributed by atoms with van der Waals surface area (Å²) in [6.45, 7) is 5.90. The van der Waals surface area contributed by atoms with Gasteiger partial charge in [-0.25, -0.2) is 0 Å². The summed E-state index contributed by atoms with van der Waals surface area (Å²) in [6, 6.07) is 5.81. The Balaban J connectivity index is 1.56. The Bertz CT molecular complexity index is 620. The molecule has 0 unspecified atom stereocenters. The predicted octanol–water partition coefficient (Wildman–Crippen LogP) is 0.120. The number of benzene rings is 1. The van der Waals surface area contributed by atoms with Crippen LogP contribution in [0.1, 0.15) is 27.6 Å². The largest absolute Gasteiger partial charge is 0.379 e. The molecule has 1 aromatic rings. The molecule has 1 saturated heterocycles. The summed E-state index contributed by atoms with van der Waals surface area (Å²) in [6.07, 6.45) is 0. The Morgan fingerprint density at radius 2 is 1.75 bits per heavy atom. The summed E-state index contributed by atoms with van der Waals surface area (Å²) < 4.78 is 5.28. The lowest BCUT2D eigenvalue weighted by Gasteiger charge is -2.27. The van der Waals surface area contributed by atoms with Gasteiger partial charge in [0, 0.05) is 26.2 Å². The molecule has 2 aliphatic rings. The SMILES string of the molecule is C[C@H](C(=O)NCCN1CCOCC1)N1C(=O)c2ccccc2C1=O. The van der Waals surface area contributed by atoms with E-state index in [9.17, 15) is 14.4 Å². The maximum Gasteiger partial charge on any atom is 0.262 e. The van der Waals surface area contributed by atoms with Crippen molar-refractivity contribution in [2.75, 3.05) is 39.4 Å². The van der Waals surface area contributed by atoms with E-state index in [-0.39, 0.29) is 5.91 Å². The summed E-state index contributed by atoms with van der Waals surface area (Å²) >= 11 is 0. The Labute approximate surface area is 140 Å². The Morgan fingerprint density at radius 3 is 2.33 bits per heavy atom. The highest BCUT2D eigenvalue weighted by Crippen LogP contribution is 2.24. The first kappa shape index (κ1) is 16.6. The van der Waals surface area contributed by atoms with Crippen molar-refractivity contribution in [1.82, 2.24) is 15.1 Å². The van der Waals surface area contributed by atoms with Crippen LogP contribution in [0.5, 0.6) is 0 Å². The van der Waals surface area contributed by atoms with Crippen molar-refractivity contribution in [2.45, 2.75) is 13.0 Å². The lowest BCUT2D eigenvalue weighted by Crippen LogP contribution is -2.49. The van der Waals surface area contributed by atoms with Crippen molar-refractivity contribution in [1.29, 1.82) is 0 Å². The van der Waals surface area contributed by atoms with E-state index in [1.807, 2.05) is 0 Å². The zero-order valence-corrected chi connectivity index (χ0v) is 13.7. The summed E-state index contributed by atoms with van der Waals surface area (Å²) in [5, 5.41) is 2.81. The molecule has 0 aliphatic carbocycles. The van der Waals surface area contributed by atoms with Crippen LogP contribution in [0.15, 0.2) is 24.3 Å². The molecule has 0 aromatic heterocycles. The maximum absolute atomic E-state index is 12.4. The van der Waals surface area contributed by atoms with Gasteiger partial charge < -0.3 is 10.1 Å². The number of carbonyl (C=O) groups excluding carboxylic acids is 3. The molecule has 0 bridgehead atoms. The van der Waals surface area contributed by atoms with Gasteiger partial charge in [-0.2, -0.15) is 0 Å². The van der Waals surface area contributed by atoms with Gasteiger partial charge in [0.2, 0.25) is 5.91 Å². The third kappa shape index (κ3) is 3.18. The van der Waals surface area contributed by atoms with E-state index < -0.39 is 17.9 Å². The van der Waals surface area contributed by atoms with Crippen LogP contribution < -0.4 is 5.32 Å². The maximum atomic E-state index is 12.4. The van der Waals surface area contributed by atoms with E-state index in [0.717, 1.165) is 24.5 Å². The molecule has 24 heavy (non-hydrogen) atoms. The molecular weight excluding hydrogens is 310 g/mol. The summed E-state index contributed by atoms with van der Waals surface area (Å²) in [5.41, 5.74) is 0.714. The topological polar surface area (TPSA) is 79.0 Å². The number of ether oxygens (including phenoxy) is 1. The van der Waals surface area contributed by atoms with E-state index in [4.69, 9.17) is 4.74 Å². The van der Waals surface area contributed by atoms with E-state index in [2.05, 4.69) is 10.2 Å². The zero-order chi connectivity index (χ0) is 17.1. The number of imide groups is 1. The zero-order valence-electron chi connectivity index (χ0n) is 13.7. The first-order chi connectivity index (χ1) is 11.6. The monoisotopic (exact) mass is 331 g/mol. The molecule has 7 nitrogen and oxygen atoms in total. The van der Waals surface area contributed by atoms with E-state index in [1.54, 1.807) is 31.2 Å². The van der Waals surface area contributed by atoms with Gasteiger partial charge >= 0.3 is 0 Å². The second kappa shape index (κ2) is 7.11. The number of hydrogen-bond acceptors (Lipinski definition) is 5. The van der Waals surface area contributed by atoms with Crippen molar-refractivity contribution in [2.24, 2.45) is 0 Å². The molecule has 1 atom stereocenters. The fourth-order valence-corrected chi connectivity index (χ4v) is 2.99. The lowest BCUT2D eigenvalue weighted by atomic mass is 10.1. The van der Waals surface area contributed by atoms with Crippen molar-refractivity contribution < 1.29 is 19.1 Å². The fourth-order valence-electron chi connectivity index (χ4n) is 2.99. The average Bonchev–Trinajstić information content (AvgIpc) is 2.86. The third-order valence-corrected chi connectivity index (χ3v) is 4.42. The molecule has 3 amide bonds. The number of amides is 3. The minimum atomic E-state index is -0.831. The van der Waals surface area contributed by atoms with Gasteiger partial charge in [-0.05, 0) is 19.1 Å². The van der Waals surface area contributed by atoms with Crippen LogP contribution in [-0.4, -0.2) is 73.0 Å². The molecule has 128 valence electrons. The van der Waals surface area contributed by atoms with Gasteiger partial charge in [0.1, 0.15) is 6.04 Å². The van der Waals surface area contributed by atoms with Gasteiger partial charge in [0.15, 0.2) is 0 Å². The number of rotatable bonds is 5. The quantitative estimate of drug-likeness (QED) is 0.776. The number of hydrogen-bond donors (Lipinski definition) is 1. The number of morpholine rings is 1. The van der Waals surface area contributed by atoms with Crippen LogP contribution in [0.25, 0.3) is 0 Å². The molecular formula is C17H21N3O4. The van der Waals surface area contributed by atoms with Gasteiger partial charge in [0.25, 0.3) is 11.8 Å². The number of nitrogens with zero attached hydrogens (tertiary/aromatic N) is 2. The van der Waals surface area contributed by atoms with E-state index in [1.165, 1.54) is 0 Å². The number of carbonyl (C=O) groups is 3. The third-order valence-electron chi connectivity index (χ3n) is 4.42. The van der Waals surface area contributed by atoms with E-state index >= 15 is 0 Å². The highest BCUT2D eigenvalue weighted by atomic mass is 16.5. The first-order valence-corrected chi connectivity index (χ1v) is 8.14. The van der Waals surface area contributed by atoms with Crippen molar-refractivity contribution in [3.63, 3.8) is 0 Å². The van der Waals surface area contributed by atoms with Gasteiger partial charge in [0.05, 0.1) is 24.3 Å². The number of nitrogens with one attached hydrogen (secondary N) is 1. The summed E-state index contributed by atoms with van der Waals surface area (Å²) in [4.78, 5) is 40.3. The standard InChI is InChI=1S/C17H21N3O4/c1-12(15(21)18-6-7-19-8-10-24-11-9-19)20-16(22)13-4-2-3-5-14(13)17(20)23/h2-5,12H,6-11H2,1H3,(H,18,21)/t12-/m1/s1. The molecule has 2 heterocycles. The molecule has 3 rings (SSSR count). The van der Waals surface area contributed by atoms with Crippen molar-refractivity contribution in [3.8, 4) is 0 Å². The highest BCUT2D eigenvalue weighted by Gasteiger charge is 2.40. The predicted molar refractivity (Wildman–Crippen MR) is 86.7 cm³/mol. The van der Waals surface area contributed by atoms with Gasteiger partial charge in [-0.3, -0.25) is 24.2 Å². The average molecular weight is 331 g/mol. The molecule has 1 fully saturated rings. The Hall–Kier alpha value is -2.25. The normalized spacial score (nSPS) is 19.3. The van der Waals surface area contributed by atoms with Crippen LogP contribution in [0.3, 0.4) is 0 Å². The van der Waals surface area contributed by atoms with E-state index in [0.29, 0.717) is 30.9 Å². The van der Waals surface area contributed by atoms with Crippen molar-refractivity contribution >= 4 is 17.7 Å². The second-order valence-corrected chi connectivity index (χ2v) is 5.95. The smallest absolute Gasteiger partial charge is 0.262 e. The summed E-state index contributed by atoms with van der Waals surface area (Å²) in [7, 11) is 0. The van der Waals surface area contributed by atoms with Crippen LogP contribution in [0.4, 0.5) is 0 Å². The summed E-state index contributed by atoms with van der Waals surface area (Å²) in [5.74, 6) is -1.14. The second-order valence-electron chi connectivity index (χ2n) is 5.95. The van der Waals surface area contributed by atoms with Crippen LogP contribution in [0.2, 0.25) is 0 Å². The Morgan fingerprint density at radius 1 is 1.17 bits per heavy atom. The van der Waals surface area contributed by atoms with Crippen LogP contribution in [0, 0.1) is 0 Å². The molecule has 0 spiro atoms. The van der Waals surface area contributed by atoms with Crippen LogP contribution in [-0.2, 0) is 9.53 Å². The minimum Gasteiger partial charge on any atom is -0.379 e. The first-order valence-electron chi connectivity index (χ1n) is 8.14. The molecule has 1 aromatic carbocycles. The van der Waals surface area contributed by atoms with Gasteiger partial charge in [-0.1, -0.05) is 12.1 Å². The number of fused-ring (bicyclic) bond motifs is 1.